The molecule has 0 aliphatic carbocycles. The van der Waals surface area contributed by atoms with Crippen LogP contribution in [0.5, 0.6) is 5.88 Å². The van der Waals surface area contributed by atoms with Gasteiger partial charge in [-0.3, -0.25) is 4.79 Å². The number of pyridine rings is 1. The molecule has 4 aliphatic heterocycles. The summed E-state index contributed by atoms with van der Waals surface area (Å²) in [6.45, 7) is 11.3. The summed E-state index contributed by atoms with van der Waals surface area (Å²) in [4.78, 5) is 42.9. The maximum atomic E-state index is 14.1. The lowest BCUT2D eigenvalue weighted by molar-refractivity contribution is -0.121. The molecule has 5 heterocycles. The van der Waals surface area contributed by atoms with Crippen molar-refractivity contribution < 1.29 is 19.1 Å². The molecule has 10 nitrogen and oxygen atoms in total. The lowest BCUT2D eigenvalue weighted by Crippen LogP contribution is -2.66. The van der Waals surface area contributed by atoms with Crippen LogP contribution >= 0.6 is 11.6 Å². The van der Waals surface area contributed by atoms with Crippen molar-refractivity contribution in [2.24, 2.45) is 0 Å². The first-order valence-corrected chi connectivity index (χ1v) is 17.1. The first-order chi connectivity index (χ1) is 22.4. The first kappa shape index (κ1) is 31.8. The Morgan fingerprint density at radius 2 is 1.83 bits per heavy atom. The number of hydrogen-bond donors (Lipinski definition) is 0. The van der Waals surface area contributed by atoms with Gasteiger partial charge in [0.25, 0.3) is 5.91 Å². The number of rotatable bonds is 4. The Morgan fingerprint density at radius 3 is 2.55 bits per heavy atom. The number of carbonyl (C=O) groups is 2. The Morgan fingerprint density at radius 1 is 1.06 bits per heavy atom. The van der Waals surface area contributed by atoms with Gasteiger partial charge in [0, 0.05) is 48.9 Å². The van der Waals surface area contributed by atoms with Crippen LogP contribution in [0.1, 0.15) is 51.8 Å². The quantitative estimate of drug-likeness (QED) is 0.352. The van der Waals surface area contributed by atoms with E-state index in [0.29, 0.717) is 31.6 Å². The van der Waals surface area contributed by atoms with Crippen LogP contribution in [0.25, 0.3) is 10.8 Å². The minimum atomic E-state index is -0.627. The van der Waals surface area contributed by atoms with E-state index in [0.717, 1.165) is 76.5 Å². The van der Waals surface area contributed by atoms with E-state index in [4.69, 9.17) is 26.1 Å². The predicted octanol–water partition coefficient (Wildman–Crippen LogP) is 5.71. The Balaban J connectivity index is 1.29. The van der Waals surface area contributed by atoms with Gasteiger partial charge in [-0.25, -0.2) is 9.78 Å². The fourth-order valence-electron chi connectivity index (χ4n) is 7.69. The summed E-state index contributed by atoms with van der Waals surface area (Å²) >= 11 is 6.76. The number of nitrogens with zero attached hydrogens (tertiary/aromatic N) is 6. The Bertz CT molecular complexity index is 1720. The number of fused-ring (bicyclic) bond motifs is 6. The van der Waals surface area contributed by atoms with E-state index in [1.165, 1.54) is 0 Å². The highest BCUT2D eigenvalue weighted by molar-refractivity contribution is 6.36. The summed E-state index contributed by atoms with van der Waals surface area (Å²) in [7, 11) is 3.94. The zero-order valence-corrected chi connectivity index (χ0v) is 29.0. The summed E-state index contributed by atoms with van der Waals surface area (Å²) in [5, 5.41) is 2.87. The molecule has 3 aromatic rings. The summed E-state index contributed by atoms with van der Waals surface area (Å²) in [6.07, 6.45) is 2.56. The third-order valence-corrected chi connectivity index (χ3v) is 10.4. The van der Waals surface area contributed by atoms with Crippen molar-refractivity contribution in [1.29, 1.82) is 0 Å². The zero-order chi connectivity index (χ0) is 33.2. The monoisotopic (exact) mass is 660 g/mol. The van der Waals surface area contributed by atoms with Crippen LogP contribution in [-0.4, -0.2) is 97.4 Å². The molecule has 4 aliphatic rings. The van der Waals surface area contributed by atoms with Gasteiger partial charge in [0.05, 0.1) is 29.5 Å². The van der Waals surface area contributed by atoms with Crippen LogP contribution in [0.3, 0.4) is 0 Å². The zero-order valence-electron chi connectivity index (χ0n) is 28.3. The molecular formula is C36H45ClN6O4. The molecule has 0 bridgehead atoms. The highest BCUT2D eigenvalue weighted by Crippen LogP contribution is 2.48. The second kappa shape index (κ2) is 12.0. The highest BCUT2D eigenvalue weighted by atomic mass is 35.5. The summed E-state index contributed by atoms with van der Waals surface area (Å²) in [6, 6.07) is 11.9. The maximum Gasteiger partial charge on any atom is 0.410 e. The van der Waals surface area contributed by atoms with E-state index in [1.807, 2.05) is 46.9 Å². The van der Waals surface area contributed by atoms with E-state index >= 15 is 0 Å². The van der Waals surface area contributed by atoms with E-state index in [2.05, 4.69) is 46.0 Å². The van der Waals surface area contributed by atoms with Crippen LogP contribution < -0.4 is 19.4 Å². The Kier molecular flexibility index (Phi) is 8.15. The second-order valence-electron chi connectivity index (χ2n) is 14.5. The SMILES string of the molecule is C[C@@H]1CN2c3c4c(nc(OC[C@@H]5CCCN5C)c3N(C)C(=O)[C@H]2CN1C(=O)OC(C)(C)C)CN(c1cccc2cccc(Cl)c12)CC4. The van der Waals surface area contributed by atoms with Gasteiger partial charge in [-0.05, 0) is 78.1 Å². The summed E-state index contributed by atoms with van der Waals surface area (Å²) in [5.41, 5.74) is 4.26. The van der Waals surface area contributed by atoms with Gasteiger partial charge in [-0.2, -0.15) is 0 Å². The molecule has 7 rings (SSSR count). The predicted molar refractivity (Wildman–Crippen MR) is 186 cm³/mol. The van der Waals surface area contributed by atoms with Crippen molar-refractivity contribution in [3.8, 4) is 5.88 Å². The van der Waals surface area contributed by atoms with Gasteiger partial charge in [0.1, 0.15) is 23.9 Å². The molecule has 1 aromatic heterocycles. The average molecular weight is 661 g/mol. The van der Waals surface area contributed by atoms with Gasteiger partial charge in [-0.1, -0.05) is 35.9 Å². The van der Waals surface area contributed by atoms with Crippen LogP contribution in [-0.2, 0) is 22.5 Å². The topological polar surface area (TPSA) is 81.7 Å². The molecule has 47 heavy (non-hydrogen) atoms. The van der Waals surface area contributed by atoms with Crippen LogP contribution in [0.15, 0.2) is 36.4 Å². The molecule has 2 amide bonds. The lowest BCUT2D eigenvalue weighted by Gasteiger charge is -2.51. The number of piperazine rings is 1. The standard InChI is InChI=1S/C36H45ClN6O4/c1-22-18-43-29(20-42(22)35(45)47-36(2,3)4)34(44)40(6)32-31(43)25-15-17-41(28-14-8-11-23-10-7-13-26(37)30(23)28)19-27(25)38-33(32)46-21-24-12-9-16-39(24)5/h7-8,10-11,13-14,22,24,29H,9,12,15-21H2,1-6H3/t22-,24+,29-/m1/s1. The number of amides is 2. The molecule has 2 saturated heterocycles. The number of anilines is 3. The van der Waals surface area contributed by atoms with Gasteiger partial charge in [0.2, 0.25) is 5.88 Å². The molecule has 250 valence electrons. The number of halogens is 1. The van der Waals surface area contributed by atoms with Gasteiger partial charge in [-0.15, -0.1) is 0 Å². The van der Waals surface area contributed by atoms with Crippen LogP contribution in [0, 0.1) is 0 Å². The molecule has 0 radical (unpaired) electrons. The van der Waals surface area contributed by atoms with Gasteiger partial charge < -0.3 is 34.0 Å². The molecule has 0 unspecified atom stereocenters. The minimum Gasteiger partial charge on any atom is -0.474 e. The van der Waals surface area contributed by atoms with Crippen LogP contribution in [0.2, 0.25) is 5.02 Å². The maximum absolute atomic E-state index is 14.1. The second-order valence-corrected chi connectivity index (χ2v) is 14.9. The largest absolute Gasteiger partial charge is 0.474 e. The van der Waals surface area contributed by atoms with E-state index in [9.17, 15) is 9.59 Å². The highest BCUT2D eigenvalue weighted by Gasteiger charge is 2.48. The van der Waals surface area contributed by atoms with Crippen molar-refractivity contribution in [2.45, 2.75) is 77.2 Å². The Hall–Kier alpha value is -3.76. The number of ether oxygens (including phenoxy) is 2. The molecule has 0 N–H and O–H groups in total. The lowest BCUT2D eigenvalue weighted by atomic mass is 9.94. The molecule has 0 saturated carbocycles. The fraction of sp³-hybridized carbons (Fsp3) is 0.528. The minimum absolute atomic E-state index is 0.0784. The van der Waals surface area contributed by atoms with Gasteiger partial charge >= 0.3 is 6.09 Å². The summed E-state index contributed by atoms with van der Waals surface area (Å²) < 4.78 is 12.3. The van der Waals surface area contributed by atoms with Gasteiger partial charge in [0.15, 0.2) is 0 Å². The third-order valence-electron chi connectivity index (χ3n) is 10.1. The fourth-order valence-corrected chi connectivity index (χ4v) is 7.97. The smallest absolute Gasteiger partial charge is 0.410 e. The van der Waals surface area contributed by atoms with Crippen LogP contribution in [0.4, 0.5) is 21.9 Å². The summed E-state index contributed by atoms with van der Waals surface area (Å²) in [5.74, 6) is 0.416. The number of likely N-dealkylation sites (tertiary alicyclic amines) is 1. The number of likely N-dealkylation sites (N-methyl/N-ethyl adjacent to an activating group) is 2. The Labute approximate surface area is 282 Å². The molecule has 11 heteroatoms. The van der Waals surface area contributed by atoms with Crippen molar-refractivity contribution in [2.75, 3.05) is 61.6 Å². The number of aromatic nitrogens is 1. The number of hydrogen-bond acceptors (Lipinski definition) is 8. The number of benzene rings is 2. The third kappa shape index (κ3) is 5.73. The molecular weight excluding hydrogens is 616 g/mol. The van der Waals surface area contributed by atoms with Crippen molar-refractivity contribution in [1.82, 2.24) is 14.8 Å². The molecule has 3 atom stereocenters. The normalized spacial score (nSPS) is 23.1. The van der Waals surface area contributed by atoms with E-state index < -0.39 is 17.7 Å². The van der Waals surface area contributed by atoms with E-state index in [1.54, 1.807) is 9.80 Å². The van der Waals surface area contributed by atoms with Crippen molar-refractivity contribution in [3.05, 3.63) is 52.7 Å². The first-order valence-electron chi connectivity index (χ1n) is 16.8. The molecule has 2 aromatic carbocycles. The van der Waals surface area contributed by atoms with E-state index in [-0.39, 0.29) is 18.5 Å². The number of carbonyl (C=O) groups excluding carboxylic acids is 2. The van der Waals surface area contributed by atoms with Crippen molar-refractivity contribution in [3.63, 3.8) is 0 Å². The average Bonchev–Trinajstić information content (AvgIpc) is 3.44. The van der Waals surface area contributed by atoms with Crippen molar-refractivity contribution >= 4 is 51.4 Å². The molecule has 2 fully saturated rings. The molecule has 0 spiro atoms.